The Bertz CT molecular complexity index is 251. The Kier molecular flexibility index (Phi) is 5.81. The van der Waals surface area contributed by atoms with Gasteiger partial charge in [0, 0.05) is 25.9 Å². The second-order valence-corrected chi connectivity index (χ2v) is 3.23. The van der Waals surface area contributed by atoms with Gasteiger partial charge in [-0.2, -0.15) is 0 Å². The molecule has 0 saturated carbocycles. The van der Waals surface area contributed by atoms with Gasteiger partial charge in [-0.25, -0.2) is 0 Å². The van der Waals surface area contributed by atoms with Crippen molar-refractivity contribution in [2.24, 2.45) is 0 Å². The summed E-state index contributed by atoms with van der Waals surface area (Å²) in [6.07, 6.45) is 0. The first-order valence-electron chi connectivity index (χ1n) is 5.25. The molecule has 0 aliphatic rings. The Morgan fingerprint density at radius 1 is 1.20 bits per heavy atom. The van der Waals surface area contributed by atoms with E-state index in [-0.39, 0.29) is 0 Å². The van der Waals surface area contributed by atoms with Gasteiger partial charge in [0.15, 0.2) is 0 Å². The van der Waals surface area contributed by atoms with E-state index in [1.165, 1.54) is 5.69 Å². The first-order chi connectivity index (χ1) is 7.38. The highest BCUT2D eigenvalue weighted by molar-refractivity contribution is 5.45. The van der Waals surface area contributed by atoms with E-state index in [0.29, 0.717) is 13.4 Å². The lowest BCUT2D eigenvalue weighted by atomic mass is 10.3. The quantitative estimate of drug-likeness (QED) is 0.507. The van der Waals surface area contributed by atoms with Gasteiger partial charge in [0.25, 0.3) is 0 Å². The Hall–Kier alpha value is -1.06. The fourth-order valence-electron chi connectivity index (χ4n) is 1.43. The molecule has 3 nitrogen and oxygen atoms in total. The third-order valence-electron chi connectivity index (χ3n) is 2.21. The summed E-state index contributed by atoms with van der Waals surface area (Å²) in [6, 6.07) is 10.3. The minimum Gasteiger partial charge on any atom is -0.369 e. The van der Waals surface area contributed by atoms with Gasteiger partial charge in [-0.05, 0) is 19.1 Å². The lowest BCUT2D eigenvalue weighted by molar-refractivity contribution is -0.0274. The number of likely N-dealkylation sites (N-methyl/N-ethyl adjacent to an activating group) is 1. The molecule has 0 aliphatic carbocycles. The number of rotatable bonds is 7. The maximum Gasteiger partial charge on any atom is 0.146 e. The zero-order valence-electron chi connectivity index (χ0n) is 9.48. The summed E-state index contributed by atoms with van der Waals surface area (Å²) < 4.78 is 10.1. The SMILES string of the molecule is CCN(CCOCOC)c1ccccc1. The Morgan fingerprint density at radius 3 is 2.53 bits per heavy atom. The molecular formula is C12H19NO2. The summed E-state index contributed by atoms with van der Waals surface area (Å²) in [5, 5.41) is 0. The number of para-hydroxylation sites is 1. The van der Waals surface area contributed by atoms with Crippen LogP contribution < -0.4 is 4.90 Å². The van der Waals surface area contributed by atoms with Crippen LogP contribution in [0.15, 0.2) is 30.3 Å². The van der Waals surface area contributed by atoms with Crippen LogP contribution in [0.5, 0.6) is 0 Å². The number of methoxy groups -OCH3 is 1. The smallest absolute Gasteiger partial charge is 0.146 e. The molecular weight excluding hydrogens is 190 g/mol. The molecule has 3 heteroatoms. The van der Waals surface area contributed by atoms with Gasteiger partial charge in [0.2, 0.25) is 0 Å². The molecule has 84 valence electrons. The van der Waals surface area contributed by atoms with E-state index >= 15 is 0 Å². The van der Waals surface area contributed by atoms with E-state index in [1.54, 1.807) is 7.11 Å². The topological polar surface area (TPSA) is 21.7 Å². The van der Waals surface area contributed by atoms with Crippen molar-refractivity contribution in [3.05, 3.63) is 30.3 Å². The molecule has 1 rings (SSSR count). The molecule has 0 bridgehead atoms. The summed E-state index contributed by atoms with van der Waals surface area (Å²) in [6.45, 7) is 5.08. The third-order valence-corrected chi connectivity index (χ3v) is 2.21. The standard InChI is InChI=1S/C12H19NO2/c1-3-13(9-10-15-11-14-2)12-7-5-4-6-8-12/h4-8H,3,9-11H2,1-2H3. The normalized spacial score (nSPS) is 10.3. The van der Waals surface area contributed by atoms with E-state index in [2.05, 4.69) is 24.0 Å². The van der Waals surface area contributed by atoms with Crippen LogP contribution in [0.4, 0.5) is 5.69 Å². The fraction of sp³-hybridized carbons (Fsp3) is 0.500. The predicted octanol–water partition coefficient (Wildman–Crippen LogP) is 2.13. The summed E-state index contributed by atoms with van der Waals surface area (Å²) >= 11 is 0. The van der Waals surface area contributed by atoms with Crippen molar-refractivity contribution >= 4 is 5.69 Å². The van der Waals surface area contributed by atoms with E-state index in [0.717, 1.165) is 13.1 Å². The van der Waals surface area contributed by atoms with Gasteiger partial charge in [0.1, 0.15) is 6.79 Å². The molecule has 0 amide bonds. The van der Waals surface area contributed by atoms with E-state index in [4.69, 9.17) is 9.47 Å². The maximum absolute atomic E-state index is 5.27. The molecule has 0 heterocycles. The number of anilines is 1. The average molecular weight is 209 g/mol. The van der Waals surface area contributed by atoms with Crippen LogP contribution >= 0.6 is 0 Å². The predicted molar refractivity (Wildman–Crippen MR) is 62.2 cm³/mol. The van der Waals surface area contributed by atoms with Crippen molar-refractivity contribution in [3.63, 3.8) is 0 Å². The van der Waals surface area contributed by atoms with Gasteiger partial charge in [-0.15, -0.1) is 0 Å². The van der Waals surface area contributed by atoms with E-state index < -0.39 is 0 Å². The van der Waals surface area contributed by atoms with Crippen LogP contribution in [0.25, 0.3) is 0 Å². The van der Waals surface area contributed by atoms with Gasteiger partial charge >= 0.3 is 0 Å². The molecule has 1 aromatic carbocycles. The van der Waals surface area contributed by atoms with Crippen LogP contribution in [0.2, 0.25) is 0 Å². The molecule has 0 fully saturated rings. The summed E-state index contributed by atoms with van der Waals surface area (Å²) in [4.78, 5) is 2.27. The summed E-state index contributed by atoms with van der Waals surface area (Å²) in [5.74, 6) is 0. The van der Waals surface area contributed by atoms with Crippen LogP contribution in [0.3, 0.4) is 0 Å². The highest BCUT2D eigenvalue weighted by Crippen LogP contribution is 2.11. The molecule has 0 saturated heterocycles. The summed E-state index contributed by atoms with van der Waals surface area (Å²) in [5.41, 5.74) is 1.24. The first-order valence-corrected chi connectivity index (χ1v) is 5.25. The number of nitrogens with zero attached hydrogens (tertiary/aromatic N) is 1. The van der Waals surface area contributed by atoms with Crippen molar-refractivity contribution in [1.82, 2.24) is 0 Å². The fourth-order valence-corrected chi connectivity index (χ4v) is 1.43. The van der Waals surface area contributed by atoms with Crippen molar-refractivity contribution < 1.29 is 9.47 Å². The van der Waals surface area contributed by atoms with Crippen LogP contribution in [-0.2, 0) is 9.47 Å². The molecule has 0 atom stereocenters. The third kappa shape index (κ3) is 4.32. The lowest BCUT2D eigenvalue weighted by Gasteiger charge is -2.22. The Balaban J connectivity index is 2.36. The second-order valence-electron chi connectivity index (χ2n) is 3.23. The van der Waals surface area contributed by atoms with E-state index in [1.807, 2.05) is 18.2 Å². The molecule has 0 aromatic heterocycles. The number of ether oxygens (including phenoxy) is 2. The highest BCUT2D eigenvalue weighted by atomic mass is 16.7. The van der Waals surface area contributed by atoms with Crippen LogP contribution in [-0.4, -0.2) is 33.6 Å². The highest BCUT2D eigenvalue weighted by Gasteiger charge is 2.02. The van der Waals surface area contributed by atoms with Crippen molar-refractivity contribution in [3.8, 4) is 0 Å². The zero-order valence-corrected chi connectivity index (χ0v) is 9.48. The number of benzene rings is 1. The van der Waals surface area contributed by atoms with Crippen LogP contribution in [0, 0.1) is 0 Å². The molecule has 0 N–H and O–H groups in total. The first kappa shape index (κ1) is 12.0. The largest absolute Gasteiger partial charge is 0.369 e. The minimum atomic E-state index is 0.367. The molecule has 0 unspecified atom stereocenters. The van der Waals surface area contributed by atoms with Gasteiger partial charge in [-0.3, -0.25) is 0 Å². The molecule has 0 spiro atoms. The van der Waals surface area contributed by atoms with Crippen LogP contribution in [0.1, 0.15) is 6.92 Å². The Morgan fingerprint density at radius 2 is 1.93 bits per heavy atom. The second kappa shape index (κ2) is 7.26. The average Bonchev–Trinajstić information content (AvgIpc) is 2.30. The number of hydrogen-bond donors (Lipinski definition) is 0. The lowest BCUT2D eigenvalue weighted by Crippen LogP contribution is -2.27. The van der Waals surface area contributed by atoms with Gasteiger partial charge < -0.3 is 14.4 Å². The molecule has 0 aliphatic heterocycles. The summed E-state index contributed by atoms with van der Waals surface area (Å²) in [7, 11) is 1.63. The minimum absolute atomic E-state index is 0.367. The monoisotopic (exact) mass is 209 g/mol. The van der Waals surface area contributed by atoms with Crippen molar-refractivity contribution in [2.75, 3.05) is 38.5 Å². The molecule has 15 heavy (non-hydrogen) atoms. The van der Waals surface area contributed by atoms with Crippen molar-refractivity contribution in [1.29, 1.82) is 0 Å². The molecule has 0 radical (unpaired) electrons. The van der Waals surface area contributed by atoms with Gasteiger partial charge in [-0.1, -0.05) is 18.2 Å². The zero-order chi connectivity index (χ0) is 10.9. The molecule has 1 aromatic rings. The maximum atomic E-state index is 5.27. The van der Waals surface area contributed by atoms with E-state index in [9.17, 15) is 0 Å². The Labute approximate surface area is 91.6 Å². The number of hydrogen-bond acceptors (Lipinski definition) is 3. The van der Waals surface area contributed by atoms with Gasteiger partial charge in [0.05, 0.1) is 6.61 Å². The van der Waals surface area contributed by atoms with Crippen molar-refractivity contribution in [2.45, 2.75) is 6.92 Å².